The molecule has 1 aliphatic heterocycles. The Bertz CT molecular complexity index is 1200. The van der Waals surface area contributed by atoms with Gasteiger partial charge in [0.15, 0.2) is 0 Å². The van der Waals surface area contributed by atoms with Crippen LogP contribution in [0, 0.1) is 6.92 Å². The molecule has 0 saturated carbocycles. The van der Waals surface area contributed by atoms with E-state index in [1.807, 2.05) is 60.4 Å². The summed E-state index contributed by atoms with van der Waals surface area (Å²) in [5.41, 5.74) is 2.87. The molecule has 4 rings (SSSR count). The Morgan fingerprint density at radius 3 is 2.71 bits per heavy atom. The van der Waals surface area contributed by atoms with Crippen LogP contribution < -0.4 is 10.2 Å². The third-order valence-corrected chi connectivity index (χ3v) is 6.80. The Morgan fingerprint density at radius 2 is 2.03 bits per heavy atom. The number of anilines is 1. The van der Waals surface area contributed by atoms with Gasteiger partial charge < -0.3 is 15.3 Å². The summed E-state index contributed by atoms with van der Waals surface area (Å²) >= 11 is 3.48. The number of aromatic nitrogens is 1. The predicted octanol–water partition coefficient (Wildman–Crippen LogP) is 5.23. The fourth-order valence-corrected chi connectivity index (χ4v) is 4.90. The molecule has 2 N–H and O–H groups in total. The zero-order valence-electron chi connectivity index (χ0n) is 18.9. The number of rotatable bonds is 8. The molecule has 1 fully saturated rings. The highest BCUT2D eigenvalue weighted by Gasteiger charge is 2.27. The first-order chi connectivity index (χ1) is 16.3. The zero-order valence-corrected chi connectivity index (χ0v) is 20.5. The SMILES string of the molecule is Cc1c(N2CC[C@@H](F)C2)nc2ccc(Br)cc2c1C(=O)NCC(CCC(=O)O)c1ccccc1. The molecule has 2 heterocycles. The van der Waals surface area contributed by atoms with Crippen molar-refractivity contribution in [2.24, 2.45) is 0 Å². The van der Waals surface area contributed by atoms with Gasteiger partial charge in [-0.1, -0.05) is 46.3 Å². The average Bonchev–Trinajstić information content (AvgIpc) is 3.25. The number of pyridine rings is 1. The number of hydrogen-bond acceptors (Lipinski definition) is 4. The maximum atomic E-state index is 13.9. The van der Waals surface area contributed by atoms with E-state index in [4.69, 9.17) is 10.1 Å². The number of alkyl halides is 1. The van der Waals surface area contributed by atoms with Gasteiger partial charge in [-0.05, 0) is 43.5 Å². The fraction of sp³-hybridized carbons (Fsp3) is 0.346. The molecule has 1 saturated heterocycles. The number of nitrogens with zero attached hydrogens (tertiary/aromatic N) is 2. The van der Waals surface area contributed by atoms with Gasteiger partial charge in [0.25, 0.3) is 5.91 Å². The summed E-state index contributed by atoms with van der Waals surface area (Å²) in [5, 5.41) is 12.9. The van der Waals surface area contributed by atoms with E-state index in [0.717, 1.165) is 10.0 Å². The van der Waals surface area contributed by atoms with Crippen molar-refractivity contribution in [2.75, 3.05) is 24.5 Å². The highest BCUT2D eigenvalue weighted by molar-refractivity contribution is 9.10. The van der Waals surface area contributed by atoms with Crippen molar-refractivity contribution in [1.29, 1.82) is 0 Å². The second kappa shape index (κ2) is 10.5. The molecule has 6 nitrogen and oxygen atoms in total. The van der Waals surface area contributed by atoms with Gasteiger partial charge in [0, 0.05) is 40.9 Å². The van der Waals surface area contributed by atoms with Gasteiger partial charge in [0.05, 0.1) is 17.6 Å². The van der Waals surface area contributed by atoms with Crippen molar-refractivity contribution >= 4 is 44.5 Å². The van der Waals surface area contributed by atoms with Crippen molar-refractivity contribution < 1.29 is 19.1 Å². The lowest BCUT2D eigenvalue weighted by atomic mass is 9.93. The smallest absolute Gasteiger partial charge is 0.303 e. The Labute approximate surface area is 206 Å². The van der Waals surface area contributed by atoms with Crippen molar-refractivity contribution in [3.63, 3.8) is 0 Å². The number of halogens is 2. The lowest BCUT2D eigenvalue weighted by Crippen LogP contribution is -2.30. The predicted molar refractivity (Wildman–Crippen MR) is 134 cm³/mol. The number of carbonyl (C=O) groups is 2. The molecule has 178 valence electrons. The van der Waals surface area contributed by atoms with Crippen molar-refractivity contribution in [3.05, 3.63) is 69.7 Å². The summed E-state index contributed by atoms with van der Waals surface area (Å²) in [4.78, 5) is 31.4. The topological polar surface area (TPSA) is 82.5 Å². The monoisotopic (exact) mass is 527 g/mol. The summed E-state index contributed by atoms with van der Waals surface area (Å²) in [7, 11) is 0. The third kappa shape index (κ3) is 5.38. The van der Waals surface area contributed by atoms with E-state index in [1.165, 1.54) is 0 Å². The summed E-state index contributed by atoms with van der Waals surface area (Å²) in [6.07, 6.45) is -0.0232. The molecular weight excluding hydrogens is 501 g/mol. The fourth-order valence-electron chi connectivity index (χ4n) is 4.54. The normalized spacial score (nSPS) is 16.6. The van der Waals surface area contributed by atoms with Gasteiger partial charge >= 0.3 is 5.97 Å². The first-order valence-electron chi connectivity index (χ1n) is 11.4. The number of carbonyl (C=O) groups excluding carboxylic acids is 1. The van der Waals surface area contributed by atoms with Crippen LogP contribution in [0.15, 0.2) is 53.0 Å². The Balaban J connectivity index is 1.66. The van der Waals surface area contributed by atoms with Crippen LogP contribution in [0.3, 0.4) is 0 Å². The average molecular weight is 528 g/mol. The molecule has 34 heavy (non-hydrogen) atoms. The number of carboxylic acid groups (broad SMARTS) is 1. The molecule has 1 amide bonds. The molecule has 1 aromatic heterocycles. The molecule has 1 unspecified atom stereocenters. The first-order valence-corrected chi connectivity index (χ1v) is 12.2. The summed E-state index contributed by atoms with van der Waals surface area (Å²) in [6.45, 7) is 2.98. The van der Waals surface area contributed by atoms with Crippen molar-refractivity contribution in [1.82, 2.24) is 10.3 Å². The highest BCUT2D eigenvalue weighted by Crippen LogP contribution is 2.32. The second-order valence-corrected chi connectivity index (χ2v) is 9.59. The highest BCUT2D eigenvalue weighted by atomic mass is 79.9. The molecule has 0 bridgehead atoms. The second-order valence-electron chi connectivity index (χ2n) is 8.68. The Morgan fingerprint density at radius 1 is 1.26 bits per heavy atom. The minimum absolute atomic E-state index is 0.0170. The molecule has 2 aromatic carbocycles. The number of carboxylic acids is 1. The van der Waals surface area contributed by atoms with Crippen LogP contribution in [0.5, 0.6) is 0 Å². The number of nitrogens with one attached hydrogen (secondary N) is 1. The molecule has 0 spiro atoms. The molecule has 1 aliphatic rings. The van der Waals surface area contributed by atoms with Crippen LogP contribution in [0.4, 0.5) is 10.2 Å². The van der Waals surface area contributed by atoms with E-state index >= 15 is 0 Å². The largest absolute Gasteiger partial charge is 0.481 e. The van der Waals surface area contributed by atoms with Gasteiger partial charge in [-0.3, -0.25) is 9.59 Å². The van der Waals surface area contributed by atoms with Crippen molar-refractivity contribution in [2.45, 2.75) is 38.3 Å². The number of aliphatic carboxylic acids is 1. The van der Waals surface area contributed by atoms with E-state index in [0.29, 0.717) is 53.8 Å². The maximum absolute atomic E-state index is 13.9. The number of amides is 1. The lowest BCUT2D eigenvalue weighted by Gasteiger charge is -2.23. The van der Waals surface area contributed by atoms with Crippen LogP contribution in [0.25, 0.3) is 10.9 Å². The van der Waals surface area contributed by atoms with Gasteiger partial charge in [-0.15, -0.1) is 0 Å². The van der Waals surface area contributed by atoms with Crippen LogP contribution in [-0.2, 0) is 4.79 Å². The quantitative estimate of drug-likeness (QED) is 0.419. The van der Waals surface area contributed by atoms with Crippen LogP contribution in [-0.4, -0.2) is 47.8 Å². The Hall–Kier alpha value is -3.00. The number of hydrogen-bond donors (Lipinski definition) is 2. The molecule has 2 atom stereocenters. The van der Waals surface area contributed by atoms with Crippen molar-refractivity contribution in [3.8, 4) is 0 Å². The van der Waals surface area contributed by atoms with E-state index in [9.17, 15) is 14.0 Å². The minimum atomic E-state index is -0.903. The van der Waals surface area contributed by atoms with Gasteiger partial charge in [0.2, 0.25) is 0 Å². The zero-order chi connectivity index (χ0) is 24.2. The van der Waals surface area contributed by atoms with Gasteiger partial charge in [-0.2, -0.15) is 0 Å². The van der Waals surface area contributed by atoms with E-state index in [-0.39, 0.29) is 24.8 Å². The van der Waals surface area contributed by atoms with E-state index in [1.54, 1.807) is 0 Å². The molecule has 0 aliphatic carbocycles. The van der Waals surface area contributed by atoms with Crippen LogP contribution in [0.1, 0.15) is 46.7 Å². The number of fused-ring (bicyclic) bond motifs is 1. The first kappa shape index (κ1) is 24.1. The van der Waals surface area contributed by atoms with Crippen LogP contribution >= 0.6 is 15.9 Å². The summed E-state index contributed by atoms with van der Waals surface area (Å²) < 4.78 is 14.8. The van der Waals surface area contributed by atoms with E-state index < -0.39 is 12.1 Å². The molecule has 8 heteroatoms. The summed E-state index contributed by atoms with van der Waals surface area (Å²) in [6, 6.07) is 15.2. The van der Waals surface area contributed by atoms with E-state index in [2.05, 4.69) is 21.2 Å². The Kier molecular flexibility index (Phi) is 7.46. The molecular formula is C26H27BrFN3O3. The number of benzene rings is 2. The van der Waals surface area contributed by atoms with Gasteiger partial charge in [0.1, 0.15) is 12.0 Å². The standard InChI is InChI=1S/C26H27BrFN3O3/c1-16-24(26(34)29-14-18(7-10-23(32)33)17-5-3-2-4-6-17)21-13-19(27)8-9-22(21)30-25(16)31-12-11-20(28)15-31/h2-6,8-9,13,18,20H,7,10-12,14-15H2,1H3,(H,29,34)(H,32,33)/t18?,20-/m1/s1. The van der Waals surface area contributed by atoms with Crippen LogP contribution in [0.2, 0.25) is 0 Å². The lowest BCUT2D eigenvalue weighted by molar-refractivity contribution is -0.137. The third-order valence-electron chi connectivity index (χ3n) is 6.31. The molecule has 3 aromatic rings. The molecule has 0 radical (unpaired) electrons. The summed E-state index contributed by atoms with van der Waals surface area (Å²) in [5.74, 6) is -0.622. The van der Waals surface area contributed by atoms with Gasteiger partial charge in [-0.25, -0.2) is 9.37 Å². The maximum Gasteiger partial charge on any atom is 0.303 e. The minimum Gasteiger partial charge on any atom is -0.481 e.